The highest BCUT2D eigenvalue weighted by atomic mass is 16.6. The maximum Gasteiger partial charge on any atom is 0.310 e. The number of ether oxygens (including phenoxy) is 1. The van der Waals surface area contributed by atoms with Crippen molar-refractivity contribution >= 4 is 17.5 Å². The van der Waals surface area contributed by atoms with Crippen molar-refractivity contribution in [2.45, 2.75) is 12.8 Å². The number of rotatable bonds is 3. The number of esters is 1. The number of hydrogen-bond acceptors (Lipinski definition) is 6. The van der Waals surface area contributed by atoms with Gasteiger partial charge >= 0.3 is 5.97 Å². The van der Waals surface area contributed by atoms with Gasteiger partial charge in [0.1, 0.15) is 12.0 Å². The van der Waals surface area contributed by atoms with Crippen LogP contribution in [0.3, 0.4) is 0 Å². The molecule has 0 saturated carbocycles. The van der Waals surface area contributed by atoms with E-state index in [9.17, 15) is 14.9 Å². The third kappa shape index (κ3) is 2.98. The minimum atomic E-state index is -0.482. The second kappa shape index (κ2) is 5.64. The van der Waals surface area contributed by atoms with E-state index in [4.69, 9.17) is 4.74 Å². The molecule has 0 bridgehead atoms. The Hall–Kier alpha value is -2.18. The molecular formula is C12H15N3O4. The number of hydrogen-bond donors (Lipinski definition) is 0. The van der Waals surface area contributed by atoms with Crippen LogP contribution in [0.1, 0.15) is 12.8 Å². The molecule has 7 heteroatoms. The molecule has 2 rings (SSSR count). The van der Waals surface area contributed by atoms with Crippen LogP contribution in [-0.4, -0.2) is 36.1 Å². The highest BCUT2D eigenvalue weighted by Crippen LogP contribution is 2.23. The van der Waals surface area contributed by atoms with Gasteiger partial charge in [-0.15, -0.1) is 0 Å². The van der Waals surface area contributed by atoms with Crippen molar-refractivity contribution in [1.82, 2.24) is 4.98 Å². The lowest BCUT2D eigenvalue weighted by atomic mass is 9.98. The molecule has 1 fully saturated rings. The second-order valence-electron chi connectivity index (χ2n) is 4.44. The SMILES string of the molecule is COC(=O)C1CCCN(c2ccc([N+](=O)[O-])cn2)C1. The first-order valence-electron chi connectivity index (χ1n) is 6.05. The summed E-state index contributed by atoms with van der Waals surface area (Å²) in [5.41, 5.74) is -0.0368. The van der Waals surface area contributed by atoms with E-state index in [2.05, 4.69) is 4.98 Å². The fourth-order valence-corrected chi connectivity index (χ4v) is 2.22. The van der Waals surface area contributed by atoms with E-state index < -0.39 is 4.92 Å². The maximum absolute atomic E-state index is 11.5. The molecule has 0 spiro atoms. The van der Waals surface area contributed by atoms with Crippen LogP contribution >= 0.6 is 0 Å². The van der Waals surface area contributed by atoms with E-state index in [0.717, 1.165) is 19.4 Å². The zero-order chi connectivity index (χ0) is 13.8. The fraction of sp³-hybridized carbons (Fsp3) is 0.500. The predicted molar refractivity (Wildman–Crippen MR) is 67.8 cm³/mol. The third-order valence-corrected chi connectivity index (χ3v) is 3.22. The van der Waals surface area contributed by atoms with E-state index in [0.29, 0.717) is 12.4 Å². The number of methoxy groups -OCH3 is 1. The van der Waals surface area contributed by atoms with Gasteiger partial charge in [0, 0.05) is 19.2 Å². The Kier molecular flexibility index (Phi) is 3.94. The number of aromatic nitrogens is 1. The smallest absolute Gasteiger partial charge is 0.310 e. The zero-order valence-electron chi connectivity index (χ0n) is 10.6. The van der Waals surface area contributed by atoms with Crippen molar-refractivity contribution in [1.29, 1.82) is 0 Å². The van der Waals surface area contributed by atoms with E-state index in [1.54, 1.807) is 6.07 Å². The molecule has 0 amide bonds. The number of carbonyl (C=O) groups is 1. The number of piperidine rings is 1. The van der Waals surface area contributed by atoms with Gasteiger partial charge in [-0.1, -0.05) is 0 Å². The average molecular weight is 265 g/mol. The highest BCUT2D eigenvalue weighted by Gasteiger charge is 2.27. The van der Waals surface area contributed by atoms with Gasteiger partial charge in [-0.2, -0.15) is 0 Å². The first kappa shape index (κ1) is 13.3. The first-order chi connectivity index (χ1) is 9.11. The van der Waals surface area contributed by atoms with Gasteiger partial charge in [-0.3, -0.25) is 14.9 Å². The molecule has 1 aliphatic rings. The Morgan fingerprint density at radius 2 is 2.37 bits per heavy atom. The quantitative estimate of drug-likeness (QED) is 0.466. The molecule has 102 valence electrons. The van der Waals surface area contributed by atoms with Crippen LogP contribution < -0.4 is 4.90 Å². The summed E-state index contributed by atoms with van der Waals surface area (Å²) in [5.74, 6) is 0.279. The Balaban J connectivity index is 2.08. The number of nitro groups is 1. The summed E-state index contributed by atoms with van der Waals surface area (Å²) in [4.78, 5) is 27.6. The Labute approximate surface area is 110 Å². The lowest BCUT2D eigenvalue weighted by Crippen LogP contribution is -2.39. The number of pyridine rings is 1. The summed E-state index contributed by atoms with van der Waals surface area (Å²) in [6.45, 7) is 1.33. The molecule has 1 aromatic heterocycles. The van der Waals surface area contributed by atoms with Crippen LogP contribution in [0, 0.1) is 16.0 Å². The Bertz CT molecular complexity index is 474. The maximum atomic E-state index is 11.5. The van der Waals surface area contributed by atoms with Gasteiger partial charge in [0.15, 0.2) is 0 Å². The minimum Gasteiger partial charge on any atom is -0.469 e. The van der Waals surface area contributed by atoms with Crippen molar-refractivity contribution in [2.24, 2.45) is 5.92 Å². The standard InChI is InChI=1S/C12H15N3O4/c1-19-12(16)9-3-2-6-14(8-9)11-5-4-10(7-13-11)15(17)18/h4-5,7,9H,2-3,6,8H2,1H3. The monoisotopic (exact) mass is 265 g/mol. The summed E-state index contributed by atoms with van der Waals surface area (Å²) in [5, 5.41) is 10.6. The minimum absolute atomic E-state index is 0.0368. The van der Waals surface area contributed by atoms with Crippen LogP contribution in [0.25, 0.3) is 0 Å². The van der Waals surface area contributed by atoms with Crippen LogP contribution in [0.15, 0.2) is 18.3 Å². The summed E-state index contributed by atoms with van der Waals surface area (Å²) in [6, 6.07) is 3.03. The number of anilines is 1. The number of nitrogens with zero attached hydrogens (tertiary/aromatic N) is 3. The van der Waals surface area contributed by atoms with Crippen molar-refractivity contribution in [3.8, 4) is 0 Å². The Morgan fingerprint density at radius 3 is 2.95 bits per heavy atom. The molecule has 1 atom stereocenters. The molecule has 1 aromatic rings. The molecule has 1 saturated heterocycles. The molecule has 0 N–H and O–H groups in total. The molecule has 7 nitrogen and oxygen atoms in total. The van der Waals surface area contributed by atoms with Crippen molar-refractivity contribution in [2.75, 3.05) is 25.1 Å². The van der Waals surface area contributed by atoms with Gasteiger partial charge in [0.05, 0.1) is 18.0 Å². The van der Waals surface area contributed by atoms with Gasteiger partial charge in [0.2, 0.25) is 0 Å². The van der Waals surface area contributed by atoms with Crippen LogP contribution in [0.2, 0.25) is 0 Å². The first-order valence-corrected chi connectivity index (χ1v) is 6.05. The topological polar surface area (TPSA) is 85.6 Å². The van der Waals surface area contributed by atoms with E-state index in [-0.39, 0.29) is 17.6 Å². The largest absolute Gasteiger partial charge is 0.469 e. The molecule has 1 aliphatic heterocycles. The zero-order valence-corrected chi connectivity index (χ0v) is 10.6. The normalized spacial score (nSPS) is 19.0. The number of carbonyl (C=O) groups excluding carboxylic acids is 1. The molecule has 0 aliphatic carbocycles. The summed E-state index contributed by atoms with van der Waals surface area (Å²) in [7, 11) is 1.38. The summed E-state index contributed by atoms with van der Waals surface area (Å²) < 4.78 is 4.75. The second-order valence-corrected chi connectivity index (χ2v) is 4.44. The lowest BCUT2D eigenvalue weighted by molar-refractivity contribution is -0.385. The summed E-state index contributed by atoms with van der Waals surface area (Å²) >= 11 is 0. The third-order valence-electron chi connectivity index (χ3n) is 3.22. The van der Waals surface area contributed by atoms with Gasteiger partial charge < -0.3 is 9.64 Å². The van der Waals surface area contributed by atoms with E-state index >= 15 is 0 Å². The molecule has 0 aromatic carbocycles. The Morgan fingerprint density at radius 1 is 1.58 bits per heavy atom. The van der Waals surface area contributed by atoms with Crippen LogP contribution in [-0.2, 0) is 9.53 Å². The van der Waals surface area contributed by atoms with Crippen molar-refractivity contribution in [3.05, 3.63) is 28.4 Å². The average Bonchev–Trinajstić information content (AvgIpc) is 2.46. The predicted octanol–water partition coefficient (Wildman–Crippen LogP) is 1.38. The summed E-state index contributed by atoms with van der Waals surface area (Å²) in [6.07, 6.45) is 2.91. The van der Waals surface area contributed by atoms with Crippen molar-refractivity contribution < 1.29 is 14.5 Å². The van der Waals surface area contributed by atoms with E-state index in [1.807, 2.05) is 4.90 Å². The van der Waals surface area contributed by atoms with E-state index in [1.165, 1.54) is 19.4 Å². The highest BCUT2D eigenvalue weighted by molar-refractivity contribution is 5.73. The van der Waals surface area contributed by atoms with Crippen molar-refractivity contribution in [3.63, 3.8) is 0 Å². The van der Waals surface area contributed by atoms with Crippen LogP contribution in [0.4, 0.5) is 11.5 Å². The fourth-order valence-electron chi connectivity index (χ4n) is 2.22. The molecular weight excluding hydrogens is 250 g/mol. The molecule has 0 radical (unpaired) electrons. The van der Waals surface area contributed by atoms with Gasteiger partial charge in [0.25, 0.3) is 5.69 Å². The van der Waals surface area contributed by atoms with Gasteiger partial charge in [-0.25, -0.2) is 4.98 Å². The molecule has 2 heterocycles. The van der Waals surface area contributed by atoms with Gasteiger partial charge in [-0.05, 0) is 18.9 Å². The molecule has 19 heavy (non-hydrogen) atoms. The van der Waals surface area contributed by atoms with Crippen LogP contribution in [0.5, 0.6) is 0 Å². The lowest BCUT2D eigenvalue weighted by Gasteiger charge is -2.32. The molecule has 1 unspecified atom stereocenters.